The van der Waals surface area contributed by atoms with Crippen molar-refractivity contribution in [1.82, 2.24) is 0 Å². The van der Waals surface area contributed by atoms with Crippen molar-refractivity contribution in [3.63, 3.8) is 0 Å². The van der Waals surface area contributed by atoms with E-state index in [2.05, 4.69) is 15.9 Å². The van der Waals surface area contributed by atoms with Gasteiger partial charge in [0.1, 0.15) is 11.5 Å². The summed E-state index contributed by atoms with van der Waals surface area (Å²) >= 11 is 3.48. The van der Waals surface area contributed by atoms with Crippen LogP contribution in [0, 0.1) is 6.92 Å². The molecule has 0 aliphatic heterocycles. The Kier molecular flexibility index (Phi) is 3.82. The lowest BCUT2D eigenvalue weighted by atomic mass is 10.2. The number of rotatable bonds is 3. The lowest BCUT2D eigenvalue weighted by molar-refractivity contribution is 0.478. The summed E-state index contributed by atoms with van der Waals surface area (Å²) in [5.74, 6) is 1.68. The standard InChI is InChI=1S/C14H14BrNO/c1-10-4-2-3-5-14(10)17-12-7-6-11(9-16)13(15)8-12/h2-8H,9,16H2,1H3. The molecule has 0 bridgehead atoms. The van der Waals surface area contributed by atoms with E-state index in [0.717, 1.165) is 27.1 Å². The summed E-state index contributed by atoms with van der Waals surface area (Å²) in [4.78, 5) is 0. The van der Waals surface area contributed by atoms with Gasteiger partial charge in [0.25, 0.3) is 0 Å². The molecule has 2 N–H and O–H groups in total. The van der Waals surface area contributed by atoms with E-state index in [1.165, 1.54) is 0 Å². The van der Waals surface area contributed by atoms with Crippen LogP contribution in [0.4, 0.5) is 0 Å². The van der Waals surface area contributed by atoms with Gasteiger partial charge in [-0.25, -0.2) is 0 Å². The van der Waals surface area contributed by atoms with Crippen LogP contribution in [-0.4, -0.2) is 0 Å². The molecule has 2 aromatic rings. The van der Waals surface area contributed by atoms with Gasteiger partial charge in [-0.2, -0.15) is 0 Å². The summed E-state index contributed by atoms with van der Waals surface area (Å²) in [6.45, 7) is 2.55. The maximum absolute atomic E-state index is 5.82. The number of hydrogen-bond donors (Lipinski definition) is 1. The van der Waals surface area contributed by atoms with Crippen LogP contribution >= 0.6 is 15.9 Å². The van der Waals surface area contributed by atoms with Crippen molar-refractivity contribution in [2.75, 3.05) is 0 Å². The first-order valence-corrected chi connectivity index (χ1v) is 6.22. The molecule has 2 nitrogen and oxygen atoms in total. The maximum Gasteiger partial charge on any atom is 0.130 e. The van der Waals surface area contributed by atoms with Crippen molar-refractivity contribution >= 4 is 15.9 Å². The molecule has 2 rings (SSSR count). The van der Waals surface area contributed by atoms with Crippen LogP contribution in [0.15, 0.2) is 46.9 Å². The van der Waals surface area contributed by atoms with Crippen molar-refractivity contribution in [3.8, 4) is 11.5 Å². The van der Waals surface area contributed by atoms with Gasteiger partial charge in [0, 0.05) is 11.0 Å². The fourth-order valence-corrected chi connectivity index (χ4v) is 2.07. The molecule has 2 aromatic carbocycles. The van der Waals surface area contributed by atoms with Crippen LogP contribution < -0.4 is 10.5 Å². The molecule has 0 atom stereocenters. The molecule has 0 spiro atoms. The highest BCUT2D eigenvalue weighted by atomic mass is 79.9. The van der Waals surface area contributed by atoms with Crippen LogP contribution in [0.1, 0.15) is 11.1 Å². The number of nitrogens with two attached hydrogens (primary N) is 1. The summed E-state index contributed by atoms with van der Waals surface area (Å²) in [5.41, 5.74) is 7.80. The minimum atomic E-state index is 0.519. The molecule has 0 aromatic heterocycles. The molecule has 0 radical (unpaired) electrons. The van der Waals surface area contributed by atoms with E-state index in [0.29, 0.717) is 6.54 Å². The Morgan fingerprint density at radius 2 is 1.94 bits per heavy atom. The SMILES string of the molecule is Cc1ccccc1Oc1ccc(CN)c(Br)c1. The summed E-state index contributed by atoms with van der Waals surface area (Å²) in [7, 11) is 0. The first-order valence-electron chi connectivity index (χ1n) is 5.42. The maximum atomic E-state index is 5.82. The minimum Gasteiger partial charge on any atom is -0.457 e. The summed E-state index contributed by atoms with van der Waals surface area (Å²) in [6, 6.07) is 13.8. The zero-order valence-corrected chi connectivity index (χ0v) is 11.2. The summed E-state index contributed by atoms with van der Waals surface area (Å²) in [6.07, 6.45) is 0. The molecule has 0 amide bonds. The van der Waals surface area contributed by atoms with E-state index in [9.17, 15) is 0 Å². The molecule has 3 heteroatoms. The molecule has 0 aliphatic carbocycles. The average molecular weight is 292 g/mol. The third-order valence-electron chi connectivity index (χ3n) is 2.57. The Hall–Kier alpha value is -1.32. The second-order valence-corrected chi connectivity index (χ2v) is 4.68. The molecule has 0 heterocycles. The van der Waals surface area contributed by atoms with Gasteiger partial charge in [-0.05, 0) is 36.2 Å². The number of hydrogen-bond acceptors (Lipinski definition) is 2. The van der Waals surface area contributed by atoms with Crippen LogP contribution in [0.3, 0.4) is 0 Å². The topological polar surface area (TPSA) is 35.2 Å². The van der Waals surface area contributed by atoms with Crippen molar-refractivity contribution in [2.45, 2.75) is 13.5 Å². The van der Waals surface area contributed by atoms with Gasteiger partial charge >= 0.3 is 0 Å². The van der Waals surface area contributed by atoms with E-state index in [1.54, 1.807) is 0 Å². The van der Waals surface area contributed by atoms with E-state index in [4.69, 9.17) is 10.5 Å². The normalized spacial score (nSPS) is 10.3. The van der Waals surface area contributed by atoms with Gasteiger partial charge in [0.15, 0.2) is 0 Å². The highest BCUT2D eigenvalue weighted by molar-refractivity contribution is 9.10. The van der Waals surface area contributed by atoms with Crippen LogP contribution in [-0.2, 0) is 6.54 Å². The van der Waals surface area contributed by atoms with Crippen LogP contribution in [0.5, 0.6) is 11.5 Å². The first kappa shape index (κ1) is 12.1. The number of para-hydroxylation sites is 1. The van der Waals surface area contributed by atoms with Gasteiger partial charge in [-0.1, -0.05) is 40.2 Å². The number of ether oxygens (including phenoxy) is 1. The van der Waals surface area contributed by atoms with Crippen molar-refractivity contribution in [2.24, 2.45) is 5.73 Å². The van der Waals surface area contributed by atoms with E-state index < -0.39 is 0 Å². The van der Waals surface area contributed by atoms with Gasteiger partial charge in [-0.3, -0.25) is 0 Å². The molecule has 0 aliphatic rings. The second-order valence-electron chi connectivity index (χ2n) is 3.82. The zero-order valence-electron chi connectivity index (χ0n) is 9.61. The van der Waals surface area contributed by atoms with E-state index in [1.807, 2.05) is 49.4 Å². The van der Waals surface area contributed by atoms with Crippen molar-refractivity contribution < 1.29 is 4.74 Å². The molecular weight excluding hydrogens is 278 g/mol. The summed E-state index contributed by atoms with van der Waals surface area (Å²) in [5, 5.41) is 0. The van der Waals surface area contributed by atoms with Crippen LogP contribution in [0.25, 0.3) is 0 Å². The highest BCUT2D eigenvalue weighted by Gasteiger charge is 2.03. The Labute approximate surface area is 110 Å². The lowest BCUT2D eigenvalue weighted by Crippen LogP contribution is -1.97. The molecular formula is C14H14BrNO. The minimum absolute atomic E-state index is 0.519. The Balaban J connectivity index is 2.25. The molecule has 17 heavy (non-hydrogen) atoms. The molecule has 0 unspecified atom stereocenters. The molecule has 88 valence electrons. The number of benzene rings is 2. The van der Waals surface area contributed by atoms with E-state index in [-0.39, 0.29) is 0 Å². The van der Waals surface area contributed by atoms with Crippen molar-refractivity contribution in [3.05, 3.63) is 58.1 Å². The quantitative estimate of drug-likeness (QED) is 0.927. The van der Waals surface area contributed by atoms with Crippen LogP contribution in [0.2, 0.25) is 0 Å². The Morgan fingerprint density at radius 1 is 1.18 bits per heavy atom. The third kappa shape index (κ3) is 2.87. The second kappa shape index (κ2) is 5.34. The smallest absolute Gasteiger partial charge is 0.130 e. The molecule has 0 saturated heterocycles. The summed E-state index contributed by atoms with van der Waals surface area (Å²) < 4.78 is 6.80. The monoisotopic (exact) mass is 291 g/mol. The number of aryl methyl sites for hydroxylation is 1. The fourth-order valence-electron chi connectivity index (χ4n) is 1.55. The average Bonchev–Trinajstić information content (AvgIpc) is 2.32. The first-order chi connectivity index (χ1) is 8.20. The zero-order chi connectivity index (χ0) is 12.3. The Bertz CT molecular complexity index is 525. The predicted molar refractivity (Wildman–Crippen MR) is 73.3 cm³/mol. The highest BCUT2D eigenvalue weighted by Crippen LogP contribution is 2.28. The largest absolute Gasteiger partial charge is 0.457 e. The lowest BCUT2D eigenvalue weighted by Gasteiger charge is -2.10. The van der Waals surface area contributed by atoms with Gasteiger partial charge in [0.2, 0.25) is 0 Å². The third-order valence-corrected chi connectivity index (χ3v) is 3.30. The van der Waals surface area contributed by atoms with Crippen molar-refractivity contribution in [1.29, 1.82) is 0 Å². The van der Waals surface area contributed by atoms with E-state index >= 15 is 0 Å². The number of halogens is 1. The van der Waals surface area contributed by atoms with Gasteiger partial charge in [-0.15, -0.1) is 0 Å². The van der Waals surface area contributed by atoms with Gasteiger partial charge in [0.05, 0.1) is 0 Å². The molecule has 0 fully saturated rings. The fraction of sp³-hybridized carbons (Fsp3) is 0.143. The Morgan fingerprint density at radius 3 is 2.59 bits per heavy atom. The van der Waals surface area contributed by atoms with Gasteiger partial charge < -0.3 is 10.5 Å². The predicted octanol–water partition coefficient (Wildman–Crippen LogP) is 4.01. The molecule has 0 saturated carbocycles.